The lowest BCUT2D eigenvalue weighted by Crippen LogP contribution is -2.29. The van der Waals surface area contributed by atoms with E-state index in [4.69, 9.17) is 11.1 Å². The van der Waals surface area contributed by atoms with Crippen LogP contribution in [0.3, 0.4) is 0 Å². The molecular formula is C14H22N4O2S. The summed E-state index contributed by atoms with van der Waals surface area (Å²) < 4.78 is 22.6. The number of fused-ring (bicyclic) bond motifs is 1. The Bertz CT molecular complexity index is 655. The fourth-order valence-electron chi connectivity index (χ4n) is 2.52. The molecule has 0 amide bonds. The second-order valence-corrected chi connectivity index (χ2v) is 7.90. The average Bonchev–Trinajstić information content (AvgIpc) is 2.42. The summed E-state index contributed by atoms with van der Waals surface area (Å²) in [4.78, 5) is 6.42. The van der Waals surface area contributed by atoms with E-state index < -0.39 is 9.84 Å². The normalized spacial score (nSPS) is 14.6. The van der Waals surface area contributed by atoms with E-state index in [1.54, 1.807) is 11.9 Å². The number of aryl methyl sites for hydroxylation is 2. The van der Waals surface area contributed by atoms with Gasteiger partial charge in [0, 0.05) is 25.5 Å². The third-order valence-electron chi connectivity index (χ3n) is 3.73. The summed E-state index contributed by atoms with van der Waals surface area (Å²) in [5.74, 6) is 0.628. The number of nitrogens with two attached hydrogens (primary N) is 1. The van der Waals surface area contributed by atoms with Crippen LogP contribution in [0.1, 0.15) is 29.7 Å². The third-order valence-corrected chi connectivity index (χ3v) is 4.65. The molecule has 1 aliphatic carbocycles. The van der Waals surface area contributed by atoms with Gasteiger partial charge in [0.15, 0.2) is 0 Å². The van der Waals surface area contributed by atoms with Crippen LogP contribution in [-0.4, -0.2) is 44.8 Å². The van der Waals surface area contributed by atoms with Crippen molar-refractivity contribution in [3.63, 3.8) is 0 Å². The van der Waals surface area contributed by atoms with Crippen LogP contribution in [-0.2, 0) is 22.7 Å². The van der Waals surface area contributed by atoms with Crippen molar-refractivity contribution in [2.24, 2.45) is 5.73 Å². The van der Waals surface area contributed by atoms with Gasteiger partial charge in [-0.3, -0.25) is 5.41 Å². The summed E-state index contributed by atoms with van der Waals surface area (Å²) >= 11 is 0. The Kier molecular flexibility index (Phi) is 4.51. The fraction of sp³-hybridized carbons (Fsp3) is 0.571. The molecule has 1 heterocycles. The van der Waals surface area contributed by atoms with Crippen LogP contribution < -0.4 is 10.6 Å². The number of nitrogens with zero attached hydrogens (tertiary/aromatic N) is 2. The standard InChI is InChI=1S/C14H22N4O2S/c1-18(7-8-21(2,19)20)14-11(13(15)16)9-10-5-3-4-6-12(10)17-14/h9H,3-8H2,1-2H3,(H3,15,16). The monoisotopic (exact) mass is 310 g/mol. The second-order valence-electron chi connectivity index (χ2n) is 5.64. The van der Waals surface area contributed by atoms with Crippen molar-refractivity contribution < 1.29 is 8.42 Å². The topological polar surface area (TPSA) is 100 Å². The van der Waals surface area contributed by atoms with E-state index in [1.807, 2.05) is 6.07 Å². The average molecular weight is 310 g/mol. The SMILES string of the molecule is CN(CCS(C)(=O)=O)c1nc2c(cc1C(=N)N)CCCC2. The van der Waals surface area contributed by atoms with Gasteiger partial charge in [0.25, 0.3) is 0 Å². The number of hydrogen-bond donors (Lipinski definition) is 2. The highest BCUT2D eigenvalue weighted by Gasteiger charge is 2.19. The summed E-state index contributed by atoms with van der Waals surface area (Å²) in [6.07, 6.45) is 5.37. The van der Waals surface area contributed by atoms with E-state index >= 15 is 0 Å². The Balaban J connectivity index is 2.34. The van der Waals surface area contributed by atoms with Gasteiger partial charge < -0.3 is 10.6 Å². The molecule has 6 nitrogen and oxygen atoms in total. The van der Waals surface area contributed by atoms with E-state index in [1.165, 1.54) is 6.26 Å². The minimum Gasteiger partial charge on any atom is -0.384 e. The molecule has 0 fully saturated rings. The van der Waals surface area contributed by atoms with E-state index in [-0.39, 0.29) is 11.6 Å². The van der Waals surface area contributed by atoms with Crippen molar-refractivity contribution in [1.29, 1.82) is 5.41 Å². The van der Waals surface area contributed by atoms with Gasteiger partial charge in [0.1, 0.15) is 21.5 Å². The first-order valence-corrected chi connectivity index (χ1v) is 9.10. The summed E-state index contributed by atoms with van der Waals surface area (Å²) in [7, 11) is -1.25. The van der Waals surface area contributed by atoms with Crippen LogP contribution in [0.5, 0.6) is 0 Å². The Labute approximate surface area is 125 Å². The second kappa shape index (κ2) is 6.01. The van der Waals surface area contributed by atoms with E-state index in [0.29, 0.717) is 17.9 Å². The molecule has 116 valence electrons. The molecule has 0 radical (unpaired) electrons. The molecule has 1 aliphatic rings. The van der Waals surface area contributed by atoms with Gasteiger partial charge in [0.05, 0.1) is 11.3 Å². The summed E-state index contributed by atoms with van der Waals surface area (Å²) in [5, 5.41) is 7.73. The molecule has 0 aromatic carbocycles. The molecule has 0 saturated carbocycles. The zero-order valence-corrected chi connectivity index (χ0v) is 13.3. The lowest BCUT2D eigenvalue weighted by atomic mass is 9.94. The van der Waals surface area contributed by atoms with E-state index in [2.05, 4.69) is 4.98 Å². The van der Waals surface area contributed by atoms with Gasteiger partial charge in [-0.15, -0.1) is 0 Å². The van der Waals surface area contributed by atoms with Crippen molar-refractivity contribution in [3.8, 4) is 0 Å². The maximum atomic E-state index is 11.3. The molecule has 0 bridgehead atoms. The molecule has 2 rings (SSSR count). The molecule has 0 atom stereocenters. The van der Waals surface area contributed by atoms with Gasteiger partial charge in [-0.05, 0) is 37.3 Å². The maximum absolute atomic E-state index is 11.3. The van der Waals surface area contributed by atoms with Crippen molar-refractivity contribution in [1.82, 2.24) is 4.98 Å². The van der Waals surface area contributed by atoms with Crippen molar-refractivity contribution in [3.05, 3.63) is 22.9 Å². The Morgan fingerprint density at radius 1 is 1.43 bits per heavy atom. The summed E-state index contributed by atoms with van der Waals surface area (Å²) in [5.41, 5.74) is 8.46. The van der Waals surface area contributed by atoms with Crippen LogP contribution in [0.25, 0.3) is 0 Å². The predicted octanol–water partition coefficient (Wildman–Crippen LogP) is 0.725. The number of aromatic nitrogens is 1. The van der Waals surface area contributed by atoms with Crippen LogP contribution >= 0.6 is 0 Å². The minimum absolute atomic E-state index is 0.0305. The van der Waals surface area contributed by atoms with E-state index in [0.717, 1.165) is 36.9 Å². The first kappa shape index (κ1) is 15.8. The smallest absolute Gasteiger partial charge is 0.149 e. The predicted molar refractivity (Wildman–Crippen MR) is 84.9 cm³/mol. The van der Waals surface area contributed by atoms with Crippen LogP contribution in [0.2, 0.25) is 0 Å². The van der Waals surface area contributed by atoms with Crippen molar-refractivity contribution in [2.75, 3.05) is 30.5 Å². The zero-order valence-electron chi connectivity index (χ0n) is 12.5. The molecule has 0 spiro atoms. The van der Waals surface area contributed by atoms with Crippen LogP contribution in [0.4, 0.5) is 5.82 Å². The molecule has 0 saturated heterocycles. The summed E-state index contributed by atoms with van der Waals surface area (Å²) in [6.45, 7) is 0.338. The first-order chi connectivity index (χ1) is 9.78. The van der Waals surface area contributed by atoms with Gasteiger partial charge in [0.2, 0.25) is 0 Å². The molecule has 7 heteroatoms. The van der Waals surface area contributed by atoms with E-state index in [9.17, 15) is 8.42 Å². The zero-order chi connectivity index (χ0) is 15.6. The number of nitrogen functional groups attached to an aromatic ring is 1. The minimum atomic E-state index is -3.03. The highest BCUT2D eigenvalue weighted by molar-refractivity contribution is 7.90. The number of sulfone groups is 1. The van der Waals surface area contributed by atoms with Gasteiger partial charge in [-0.25, -0.2) is 13.4 Å². The number of hydrogen-bond acceptors (Lipinski definition) is 5. The van der Waals surface area contributed by atoms with Gasteiger partial charge in [-0.1, -0.05) is 0 Å². The lowest BCUT2D eigenvalue weighted by Gasteiger charge is -2.24. The van der Waals surface area contributed by atoms with Crippen LogP contribution in [0, 0.1) is 5.41 Å². The number of anilines is 1. The molecule has 0 unspecified atom stereocenters. The molecular weight excluding hydrogens is 288 g/mol. The molecule has 0 aliphatic heterocycles. The van der Waals surface area contributed by atoms with Gasteiger partial charge >= 0.3 is 0 Å². The Morgan fingerprint density at radius 2 is 2.10 bits per heavy atom. The highest BCUT2D eigenvalue weighted by atomic mass is 32.2. The number of pyridine rings is 1. The lowest BCUT2D eigenvalue weighted by molar-refractivity contribution is 0.601. The molecule has 1 aromatic heterocycles. The highest BCUT2D eigenvalue weighted by Crippen LogP contribution is 2.26. The fourth-order valence-corrected chi connectivity index (χ4v) is 3.13. The van der Waals surface area contributed by atoms with Crippen molar-refractivity contribution >= 4 is 21.5 Å². The van der Waals surface area contributed by atoms with Crippen LogP contribution in [0.15, 0.2) is 6.07 Å². The molecule has 21 heavy (non-hydrogen) atoms. The number of nitrogens with one attached hydrogen (secondary N) is 1. The number of amidine groups is 1. The largest absolute Gasteiger partial charge is 0.384 e. The molecule has 3 N–H and O–H groups in total. The third kappa shape index (κ3) is 3.93. The Morgan fingerprint density at radius 3 is 2.71 bits per heavy atom. The van der Waals surface area contributed by atoms with Crippen molar-refractivity contribution in [2.45, 2.75) is 25.7 Å². The maximum Gasteiger partial charge on any atom is 0.149 e. The molecule has 1 aromatic rings. The first-order valence-electron chi connectivity index (χ1n) is 7.04. The van der Waals surface area contributed by atoms with Gasteiger partial charge in [-0.2, -0.15) is 0 Å². The summed E-state index contributed by atoms with van der Waals surface area (Å²) in [6, 6.07) is 1.94. The quantitative estimate of drug-likeness (QED) is 0.617. The Hall–Kier alpha value is -1.63. The number of rotatable bonds is 5.